The van der Waals surface area contributed by atoms with E-state index in [-0.39, 0.29) is 0 Å². The van der Waals surface area contributed by atoms with Crippen LogP contribution in [0.2, 0.25) is 0 Å². The summed E-state index contributed by atoms with van der Waals surface area (Å²) in [6.07, 6.45) is 4.76. The van der Waals surface area contributed by atoms with Gasteiger partial charge in [-0.15, -0.1) is 0 Å². The highest BCUT2D eigenvalue weighted by atomic mass is 16.4. The van der Waals surface area contributed by atoms with Gasteiger partial charge >= 0.3 is 5.97 Å². The van der Waals surface area contributed by atoms with Crippen molar-refractivity contribution in [3.8, 4) is 0 Å². The zero-order valence-corrected chi connectivity index (χ0v) is 7.16. The van der Waals surface area contributed by atoms with Crippen LogP contribution in [0.5, 0.6) is 0 Å². The van der Waals surface area contributed by atoms with E-state index in [2.05, 4.69) is 13.8 Å². The first-order chi connectivity index (χ1) is 5.02. The lowest BCUT2D eigenvalue weighted by Crippen LogP contribution is -1.87. The number of hydrogen-bond acceptors (Lipinski definition) is 1. The maximum absolute atomic E-state index is 10.1. The zero-order chi connectivity index (χ0) is 8.85. The predicted octanol–water partition coefficient (Wildman–Crippen LogP) is 2.23. The molecule has 0 saturated heterocycles. The van der Waals surface area contributed by atoms with Crippen LogP contribution in [0.15, 0.2) is 23.8 Å². The molecule has 0 amide bonds. The topological polar surface area (TPSA) is 37.3 Å². The molecule has 62 valence electrons. The van der Waals surface area contributed by atoms with Crippen LogP contribution in [0, 0.1) is 5.92 Å². The number of carboxylic acid groups (broad SMARTS) is 1. The third kappa shape index (κ3) is 6.84. The molecule has 0 aromatic carbocycles. The second-order valence-electron chi connectivity index (χ2n) is 2.83. The van der Waals surface area contributed by atoms with E-state index in [4.69, 9.17) is 5.11 Å². The van der Waals surface area contributed by atoms with E-state index in [1.54, 1.807) is 6.08 Å². The first-order valence-corrected chi connectivity index (χ1v) is 3.62. The summed E-state index contributed by atoms with van der Waals surface area (Å²) in [5.41, 5.74) is 0.988. The number of carboxylic acids is 1. The molecule has 2 nitrogen and oxygen atoms in total. The number of hydrogen-bond donors (Lipinski definition) is 1. The Hall–Kier alpha value is -1.05. The van der Waals surface area contributed by atoms with Gasteiger partial charge in [0.1, 0.15) is 0 Å². The quantitative estimate of drug-likeness (QED) is 0.500. The summed E-state index contributed by atoms with van der Waals surface area (Å²) in [6, 6.07) is 0. The van der Waals surface area contributed by atoms with Gasteiger partial charge in [0, 0.05) is 6.08 Å². The molecule has 1 N–H and O–H groups in total. The number of allylic oxidation sites excluding steroid dienone is 3. The van der Waals surface area contributed by atoms with Crippen LogP contribution in [0.3, 0.4) is 0 Å². The highest BCUT2D eigenvalue weighted by Crippen LogP contribution is 2.02. The molecule has 2 heteroatoms. The molecular formula is C9H14O2. The second-order valence-corrected chi connectivity index (χ2v) is 2.83. The fourth-order valence-electron chi connectivity index (χ4n) is 0.784. The van der Waals surface area contributed by atoms with Crippen molar-refractivity contribution in [1.82, 2.24) is 0 Å². The van der Waals surface area contributed by atoms with Gasteiger partial charge in [-0.25, -0.2) is 4.79 Å². The van der Waals surface area contributed by atoms with Gasteiger partial charge in [0.2, 0.25) is 0 Å². The van der Waals surface area contributed by atoms with Crippen molar-refractivity contribution in [2.45, 2.75) is 20.8 Å². The Morgan fingerprint density at radius 3 is 2.27 bits per heavy atom. The lowest BCUT2D eigenvalue weighted by Gasteiger charge is -1.95. The summed E-state index contributed by atoms with van der Waals surface area (Å²) in [4.78, 5) is 10.1. The fourth-order valence-corrected chi connectivity index (χ4v) is 0.784. The minimum atomic E-state index is -0.901. The van der Waals surface area contributed by atoms with E-state index in [0.717, 1.165) is 11.6 Å². The van der Waals surface area contributed by atoms with Gasteiger partial charge in [0.05, 0.1) is 0 Å². The smallest absolute Gasteiger partial charge is 0.328 e. The summed E-state index contributed by atoms with van der Waals surface area (Å²) < 4.78 is 0. The van der Waals surface area contributed by atoms with Crippen molar-refractivity contribution in [3.05, 3.63) is 23.8 Å². The monoisotopic (exact) mass is 154 g/mol. The highest BCUT2D eigenvalue weighted by molar-refractivity contribution is 5.80. The first-order valence-electron chi connectivity index (χ1n) is 3.62. The summed E-state index contributed by atoms with van der Waals surface area (Å²) in [6.45, 7) is 6.00. The van der Waals surface area contributed by atoms with Crippen molar-refractivity contribution in [2.75, 3.05) is 0 Å². The average molecular weight is 154 g/mol. The van der Waals surface area contributed by atoms with Crippen LogP contribution in [0.4, 0.5) is 0 Å². The van der Waals surface area contributed by atoms with Crippen molar-refractivity contribution >= 4 is 5.97 Å². The normalized spacial score (nSPS) is 12.9. The van der Waals surface area contributed by atoms with Crippen LogP contribution in [-0.2, 0) is 4.79 Å². The zero-order valence-electron chi connectivity index (χ0n) is 7.16. The Labute approximate surface area is 67.2 Å². The SMILES string of the molecule is CC(C=CC(=O)O)=CC(C)C. The molecular weight excluding hydrogens is 140 g/mol. The molecule has 0 atom stereocenters. The van der Waals surface area contributed by atoms with Gasteiger partial charge in [-0.2, -0.15) is 0 Å². The van der Waals surface area contributed by atoms with Crippen LogP contribution in [-0.4, -0.2) is 11.1 Å². The molecule has 0 spiro atoms. The Bertz CT molecular complexity index is 188. The highest BCUT2D eigenvalue weighted by Gasteiger charge is 1.89. The molecule has 0 saturated carbocycles. The Morgan fingerprint density at radius 2 is 1.91 bits per heavy atom. The standard InChI is InChI=1S/C9H14O2/c1-7(2)6-8(3)4-5-9(10)11/h4-7H,1-3H3,(H,10,11). The maximum atomic E-state index is 10.1. The van der Waals surface area contributed by atoms with Crippen molar-refractivity contribution in [2.24, 2.45) is 5.92 Å². The molecule has 0 heterocycles. The largest absolute Gasteiger partial charge is 0.478 e. The third-order valence-corrected chi connectivity index (χ3v) is 1.09. The number of rotatable bonds is 3. The van der Waals surface area contributed by atoms with Gasteiger partial charge in [-0.1, -0.05) is 31.6 Å². The van der Waals surface area contributed by atoms with E-state index in [9.17, 15) is 4.79 Å². The lowest BCUT2D eigenvalue weighted by molar-refractivity contribution is -0.131. The van der Waals surface area contributed by atoms with Gasteiger partial charge < -0.3 is 5.11 Å². The van der Waals surface area contributed by atoms with Gasteiger partial charge in [0.25, 0.3) is 0 Å². The molecule has 11 heavy (non-hydrogen) atoms. The lowest BCUT2D eigenvalue weighted by atomic mass is 10.1. The summed E-state index contributed by atoms with van der Waals surface area (Å²) in [5.74, 6) is -0.435. The predicted molar refractivity (Wildman–Crippen MR) is 45.4 cm³/mol. The molecule has 0 aromatic heterocycles. The molecule has 0 unspecified atom stereocenters. The Morgan fingerprint density at radius 1 is 1.36 bits per heavy atom. The minimum Gasteiger partial charge on any atom is -0.478 e. The van der Waals surface area contributed by atoms with Crippen LogP contribution in [0.1, 0.15) is 20.8 Å². The van der Waals surface area contributed by atoms with E-state index in [1.807, 2.05) is 13.0 Å². The molecule has 0 aliphatic carbocycles. The Balaban J connectivity index is 4.05. The van der Waals surface area contributed by atoms with E-state index in [0.29, 0.717) is 5.92 Å². The summed E-state index contributed by atoms with van der Waals surface area (Å²) in [5, 5.41) is 8.28. The third-order valence-electron chi connectivity index (χ3n) is 1.09. The van der Waals surface area contributed by atoms with Crippen molar-refractivity contribution in [1.29, 1.82) is 0 Å². The van der Waals surface area contributed by atoms with E-state index in [1.165, 1.54) is 0 Å². The van der Waals surface area contributed by atoms with Crippen LogP contribution >= 0.6 is 0 Å². The summed E-state index contributed by atoms with van der Waals surface area (Å²) >= 11 is 0. The Kier molecular flexibility index (Phi) is 4.27. The van der Waals surface area contributed by atoms with Gasteiger partial charge in [-0.05, 0) is 12.8 Å². The van der Waals surface area contributed by atoms with E-state index >= 15 is 0 Å². The summed E-state index contributed by atoms with van der Waals surface area (Å²) in [7, 11) is 0. The maximum Gasteiger partial charge on any atom is 0.328 e. The molecule has 0 aromatic rings. The van der Waals surface area contributed by atoms with Gasteiger partial charge in [0.15, 0.2) is 0 Å². The molecule has 0 aliphatic rings. The molecule has 0 bridgehead atoms. The minimum absolute atomic E-state index is 0.466. The molecule has 0 rings (SSSR count). The second kappa shape index (κ2) is 4.72. The van der Waals surface area contributed by atoms with Gasteiger partial charge in [-0.3, -0.25) is 0 Å². The van der Waals surface area contributed by atoms with Crippen molar-refractivity contribution < 1.29 is 9.90 Å². The number of aliphatic carboxylic acids is 1. The van der Waals surface area contributed by atoms with Crippen LogP contribution < -0.4 is 0 Å². The molecule has 0 radical (unpaired) electrons. The van der Waals surface area contributed by atoms with Crippen molar-refractivity contribution in [3.63, 3.8) is 0 Å². The molecule has 0 fully saturated rings. The number of carbonyl (C=O) groups is 1. The van der Waals surface area contributed by atoms with Crippen LogP contribution in [0.25, 0.3) is 0 Å². The fraction of sp³-hybridized carbons (Fsp3) is 0.444. The van der Waals surface area contributed by atoms with E-state index < -0.39 is 5.97 Å². The average Bonchev–Trinajstić information content (AvgIpc) is 1.82. The first kappa shape index (κ1) is 9.95. The molecule has 0 aliphatic heterocycles.